The number of rotatable bonds is 13. The second-order valence-corrected chi connectivity index (χ2v) is 15.2. The quantitative estimate of drug-likeness (QED) is 0.151. The van der Waals surface area contributed by atoms with Gasteiger partial charge in [-0.2, -0.15) is 0 Å². The van der Waals surface area contributed by atoms with Crippen LogP contribution in [0, 0.1) is 23.7 Å². The van der Waals surface area contributed by atoms with E-state index in [1.165, 1.54) is 0 Å². The van der Waals surface area contributed by atoms with Crippen molar-refractivity contribution in [3.8, 4) is 17.6 Å². The summed E-state index contributed by atoms with van der Waals surface area (Å²) in [6, 6.07) is 7.92. The molecule has 33 heavy (non-hydrogen) atoms. The number of methoxy groups -OCH3 is 1. The largest absolute Gasteiger partial charge is 0.497 e. The Bertz CT molecular complexity index is 768. The highest BCUT2D eigenvalue weighted by Gasteiger charge is 2.42. The van der Waals surface area contributed by atoms with Gasteiger partial charge < -0.3 is 19.0 Å². The fourth-order valence-electron chi connectivity index (χ4n) is 3.35. The Hall–Kier alpha value is -1.58. The molecule has 1 aromatic carbocycles. The van der Waals surface area contributed by atoms with Crippen LogP contribution in [0.5, 0.6) is 5.75 Å². The van der Waals surface area contributed by atoms with Crippen LogP contribution >= 0.6 is 0 Å². The summed E-state index contributed by atoms with van der Waals surface area (Å²) in [5, 5.41) is 10.9. The number of hydrogen-bond donors (Lipinski definition) is 1. The summed E-state index contributed by atoms with van der Waals surface area (Å²) in [4.78, 5) is 0. The van der Waals surface area contributed by atoms with Crippen LogP contribution in [0.3, 0.4) is 0 Å². The molecular weight excluding hydrogens is 428 g/mol. The number of aliphatic hydroxyl groups excluding tert-OH is 1. The lowest BCUT2D eigenvalue weighted by molar-refractivity contribution is 0.00425. The number of hydrogen-bond acceptors (Lipinski definition) is 4. The van der Waals surface area contributed by atoms with Gasteiger partial charge in [0.2, 0.25) is 0 Å². The molecule has 0 spiro atoms. The predicted molar refractivity (Wildman–Crippen MR) is 141 cm³/mol. The summed E-state index contributed by atoms with van der Waals surface area (Å²) in [7, 11) is -0.314. The molecular formula is C28H46O4Si. The molecule has 0 aliphatic heterocycles. The summed E-state index contributed by atoms with van der Waals surface area (Å²) in [5.41, 5.74) is 1.12. The molecule has 0 aliphatic rings. The first kappa shape index (κ1) is 29.4. The molecule has 0 aromatic heterocycles. The Balaban J connectivity index is 2.70. The second-order valence-electron chi connectivity index (χ2n) is 10.4. The molecule has 0 radical (unpaired) electrons. The third-order valence-corrected chi connectivity index (χ3v) is 11.2. The van der Waals surface area contributed by atoms with Crippen molar-refractivity contribution in [2.45, 2.75) is 91.3 Å². The van der Waals surface area contributed by atoms with Gasteiger partial charge in [0, 0.05) is 12.3 Å². The van der Waals surface area contributed by atoms with Gasteiger partial charge in [-0.25, -0.2) is 0 Å². The van der Waals surface area contributed by atoms with E-state index in [-0.39, 0.29) is 23.0 Å². The van der Waals surface area contributed by atoms with Gasteiger partial charge >= 0.3 is 0 Å². The summed E-state index contributed by atoms with van der Waals surface area (Å²) in [6.45, 7) is 18.6. The van der Waals surface area contributed by atoms with Crippen LogP contribution in [0.25, 0.3) is 0 Å². The summed E-state index contributed by atoms with van der Waals surface area (Å²) in [5.74, 6) is 7.05. The highest BCUT2D eigenvalue weighted by molar-refractivity contribution is 6.74. The Labute approximate surface area is 203 Å². The fourth-order valence-corrected chi connectivity index (χ4v) is 4.83. The minimum atomic E-state index is -1.98. The first-order valence-corrected chi connectivity index (χ1v) is 14.9. The average Bonchev–Trinajstić information content (AvgIpc) is 2.77. The molecule has 1 N–H and O–H groups in total. The maximum absolute atomic E-state index is 10.7. The fraction of sp³-hybridized carbons (Fsp3) is 0.643. The first-order valence-electron chi connectivity index (χ1n) is 12.0. The molecule has 186 valence electrons. The Morgan fingerprint density at radius 2 is 1.73 bits per heavy atom. The Morgan fingerprint density at radius 1 is 1.09 bits per heavy atom. The van der Waals surface area contributed by atoms with Gasteiger partial charge in [-0.15, -0.1) is 11.8 Å². The number of benzene rings is 1. The third-order valence-electron chi connectivity index (χ3n) is 6.73. The topological polar surface area (TPSA) is 47.9 Å². The van der Waals surface area contributed by atoms with E-state index >= 15 is 0 Å². The molecule has 0 heterocycles. The van der Waals surface area contributed by atoms with Crippen molar-refractivity contribution >= 4 is 8.32 Å². The maximum atomic E-state index is 10.7. The smallest absolute Gasteiger partial charge is 0.192 e. The van der Waals surface area contributed by atoms with E-state index in [1.54, 1.807) is 7.11 Å². The molecule has 0 aliphatic carbocycles. The summed E-state index contributed by atoms with van der Waals surface area (Å²) in [6.07, 6.45) is 5.09. The van der Waals surface area contributed by atoms with Crippen LogP contribution in [-0.2, 0) is 15.8 Å². The molecule has 4 atom stereocenters. The van der Waals surface area contributed by atoms with Crippen LogP contribution < -0.4 is 4.74 Å². The average molecular weight is 475 g/mol. The van der Waals surface area contributed by atoms with Gasteiger partial charge in [0.05, 0.1) is 32.5 Å². The van der Waals surface area contributed by atoms with E-state index in [9.17, 15) is 5.11 Å². The molecule has 5 heteroatoms. The number of ether oxygens (including phenoxy) is 2. The molecule has 0 unspecified atom stereocenters. The monoisotopic (exact) mass is 474 g/mol. The molecule has 1 aromatic rings. The maximum Gasteiger partial charge on any atom is 0.192 e. The van der Waals surface area contributed by atoms with Gasteiger partial charge in [-0.3, -0.25) is 0 Å². The van der Waals surface area contributed by atoms with E-state index in [1.807, 2.05) is 31.2 Å². The molecule has 0 saturated carbocycles. The first-order chi connectivity index (χ1) is 15.4. The van der Waals surface area contributed by atoms with Crippen molar-refractivity contribution in [2.75, 3.05) is 13.7 Å². The lowest BCUT2D eigenvalue weighted by Gasteiger charge is -2.43. The standard InChI is InChI=1S/C28H46O4Si/c1-10-11-15-26(29)23(3)27(32-33(8,9)28(4,5)6)22(2)14-12-13-20-31-21-24-16-18-25(30-7)19-17-24/h12-13,16-19,22-23,26-27,29H,14-15,20-21H2,1-9H3/b13-12-/t22-,23-,26+,27-/m1/s1. The van der Waals surface area contributed by atoms with Gasteiger partial charge in [-0.1, -0.05) is 58.9 Å². The number of allylic oxidation sites excluding steroid dienone is 1. The van der Waals surface area contributed by atoms with Gasteiger partial charge in [-0.05, 0) is 55.1 Å². The van der Waals surface area contributed by atoms with Crippen LogP contribution in [0.2, 0.25) is 18.1 Å². The SMILES string of the molecule is CC#CC[C@H](O)[C@@H](C)[C@H](O[Si](C)(C)C(C)(C)C)[C@H](C)C/C=C\COCc1ccc(OC)cc1. The van der Waals surface area contributed by atoms with E-state index in [2.05, 4.69) is 71.7 Å². The predicted octanol–water partition coefficient (Wildman–Crippen LogP) is 6.60. The molecule has 0 bridgehead atoms. The molecule has 0 amide bonds. The van der Waals surface area contributed by atoms with E-state index in [4.69, 9.17) is 13.9 Å². The summed E-state index contributed by atoms with van der Waals surface area (Å²) < 4.78 is 17.8. The molecule has 0 fully saturated rings. The second kappa shape index (κ2) is 14.0. The van der Waals surface area contributed by atoms with Crippen molar-refractivity contribution in [2.24, 2.45) is 11.8 Å². The Morgan fingerprint density at radius 3 is 2.27 bits per heavy atom. The van der Waals surface area contributed by atoms with Crippen molar-refractivity contribution < 1.29 is 19.0 Å². The van der Waals surface area contributed by atoms with Crippen molar-refractivity contribution in [3.05, 3.63) is 42.0 Å². The molecule has 4 nitrogen and oxygen atoms in total. The van der Waals surface area contributed by atoms with Crippen LogP contribution in [0.1, 0.15) is 59.9 Å². The summed E-state index contributed by atoms with van der Waals surface area (Å²) >= 11 is 0. The minimum absolute atomic E-state index is 0.00898. The highest BCUT2D eigenvalue weighted by atomic mass is 28.4. The van der Waals surface area contributed by atoms with Crippen LogP contribution in [0.4, 0.5) is 0 Å². The van der Waals surface area contributed by atoms with E-state index in [0.717, 1.165) is 17.7 Å². The van der Waals surface area contributed by atoms with Gasteiger partial charge in [0.25, 0.3) is 0 Å². The molecule has 0 saturated heterocycles. The normalized spacial score (nSPS) is 16.1. The van der Waals surface area contributed by atoms with Crippen molar-refractivity contribution in [1.82, 2.24) is 0 Å². The zero-order valence-electron chi connectivity index (χ0n) is 22.3. The highest BCUT2D eigenvalue weighted by Crippen LogP contribution is 2.40. The lowest BCUT2D eigenvalue weighted by Crippen LogP contribution is -2.49. The van der Waals surface area contributed by atoms with Gasteiger partial charge in [0.1, 0.15) is 5.75 Å². The van der Waals surface area contributed by atoms with Crippen LogP contribution in [0.15, 0.2) is 36.4 Å². The van der Waals surface area contributed by atoms with Crippen molar-refractivity contribution in [3.63, 3.8) is 0 Å². The zero-order valence-corrected chi connectivity index (χ0v) is 23.3. The van der Waals surface area contributed by atoms with E-state index < -0.39 is 14.4 Å². The Kier molecular flexibility index (Phi) is 12.5. The van der Waals surface area contributed by atoms with Crippen LogP contribution in [-0.4, -0.2) is 39.3 Å². The van der Waals surface area contributed by atoms with Gasteiger partial charge in [0.15, 0.2) is 8.32 Å². The minimum Gasteiger partial charge on any atom is -0.497 e. The molecule has 1 rings (SSSR count). The third kappa shape index (κ3) is 10.1. The van der Waals surface area contributed by atoms with Crippen molar-refractivity contribution in [1.29, 1.82) is 0 Å². The lowest BCUT2D eigenvalue weighted by atomic mass is 9.86. The zero-order chi connectivity index (χ0) is 25.1. The van der Waals surface area contributed by atoms with E-state index in [0.29, 0.717) is 19.6 Å². The number of aliphatic hydroxyl groups is 1.